The van der Waals surface area contributed by atoms with Crippen LogP contribution >= 0.6 is 0 Å². The normalized spacial score (nSPS) is 16.8. The van der Waals surface area contributed by atoms with Gasteiger partial charge < -0.3 is 15.0 Å². The second-order valence-corrected chi connectivity index (χ2v) is 8.31. The van der Waals surface area contributed by atoms with Crippen LogP contribution in [0.5, 0.6) is 5.75 Å². The third-order valence-corrected chi connectivity index (χ3v) is 6.06. The van der Waals surface area contributed by atoms with Crippen molar-refractivity contribution in [1.82, 2.24) is 10.2 Å². The van der Waals surface area contributed by atoms with E-state index in [1.165, 1.54) is 24.0 Å². The number of carbonyl (C=O) groups excluding carboxylic acids is 2. The predicted molar refractivity (Wildman–Crippen MR) is 116 cm³/mol. The summed E-state index contributed by atoms with van der Waals surface area (Å²) in [5.41, 5.74) is 4.76. The van der Waals surface area contributed by atoms with Crippen molar-refractivity contribution in [3.8, 4) is 5.75 Å². The van der Waals surface area contributed by atoms with Crippen molar-refractivity contribution in [2.75, 3.05) is 6.54 Å². The molecule has 1 aliphatic carbocycles. The average molecular weight is 407 g/mol. The van der Waals surface area contributed by atoms with Crippen molar-refractivity contribution in [1.29, 1.82) is 0 Å². The molecule has 1 atom stereocenters. The van der Waals surface area contributed by atoms with Crippen LogP contribution in [-0.2, 0) is 35.5 Å². The number of amides is 2. The fraction of sp³-hybridized carbons (Fsp3) is 0.440. The molecule has 1 N–H and O–H groups in total. The second kappa shape index (κ2) is 9.33. The molecule has 2 aromatic rings. The molecule has 2 amide bonds. The lowest BCUT2D eigenvalue weighted by atomic mass is 9.91. The lowest BCUT2D eigenvalue weighted by Gasteiger charge is -2.22. The largest absolute Gasteiger partial charge is 0.481 e. The number of nitrogens with zero attached hydrogens (tertiary/aromatic N) is 1. The zero-order valence-corrected chi connectivity index (χ0v) is 17.7. The van der Waals surface area contributed by atoms with Crippen molar-refractivity contribution < 1.29 is 14.3 Å². The minimum atomic E-state index is -0.543. The van der Waals surface area contributed by atoms with Crippen LogP contribution < -0.4 is 10.1 Å². The maximum Gasteiger partial charge on any atom is 0.261 e. The van der Waals surface area contributed by atoms with Gasteiger partial charge in [0.05, 0.1) is 0 Å². The predicted octanol–water partition coefficient (Wildman–Crippen LogP) is 3.77. The fourth-order valence-corrected chi connectivity index (χ4v) is 4.29. The lowest BCUT2D eigenvalue weighted by molar-refractivity contribution is -0.128. The molecule has 0 saturated carbocycles. The van der Waals surface area contributed by atoms with Crippen LogP contribution in [0.2, 0.25) is 0 Å². The van der Waals surface area contributed by atoms with Crippen LogP contribution in [-0.4, -0.2) is 29.4 Å². The number of aryl methyl sites for hydroxylation is 1. The highest BCUT2D eigenvalue weighted by Crippen LogP contribution is 2.30. The molecule has 0 unspecified atom stereocenters. The quantitative estimate of drug-likeness (QED) is 0.761. The van der Waals surface area contributed by atoms with Crippen molar-refractivity contribution >= 4 is 11.8 Å². The first kappa shape index (κ1) is 20.5. The number of carbonyl (C=O) groups is 2. The second-order valence-electron chi connectivity index (χ2n) is 8.31. The SMILES string of the molecule is C[C@H](Oc1cccc2c1CCCC2)C(=O)NCc1ccc(CN2CCCC2=O)cc1. The van der Waals surface area contributed by atoms with E-state index in [0.29, 0.717) is 19.5 Å². The Bertz CT molecular complexity index is 907. The van der Waals surface area contributed by atoms with E-state index in [4.69, 9.17) is 4.74 Å². The maximum atomic E-state index is 12.5. The molecule has 5 heteroatoms. The monoisotopic (exact) mass is 406 g/mol. The van der Waals surface area contributed by atoms with E-state index < -0.39 is 6.10 Å². The number of hydrogen-bond donors (Lipinski definition) is 1. The molecule has 5 nitrogen and oxygen atoms in total. The Morgan fingerprint density at radius 1 is 1.03 bits per heavy atom. The first-order valence-corrected chi connectivity index (χ1v) is 11.0. The van der Waals surface area contributed by atoms with Gasteiger partial charge in [0.25, 0.3) is 5.91 Å². The third-order valence-electron chi connectivity index (χ3n) is 6.06. The van der Waals surface area contributed by atoms with Gasteiger partial charge in [0.15, 0.2) is 6.10 Å². The highest BCUT2D eigenvalue weighted by atomic mass is 16.5. The zero-order valence-electron chi connectivity index (χ0n) is 17.7. The molecule has 2 aliphatic rings. The zero-order chi connectivity index (χ0) is 20.9. The first-order chi connectivity index (χ1) is 14.6. The van der Waals surface area contributed by atoms with Gasteiger partial charge in [-0.3, -0.25) is 9.59 Å². The van der Waals surface area contributed by atoms with Gasteiger partial charge in [-0.05, 0) is 67.3 Å². The Balaban J connectivity index is 1.28. The molecular formula is C25H30N2O3. The van der Waals surface area contributed by atoms with Gasteiger partial charge in [-0.25, -0.2) is 0 Å². The Morgan fingerprint density at radius 3 is 2.57 bits per heavy atom. The summed E-state index contributed by atoms with van der Waals surface area (Å²) in [4.78, 5) is 26.2. The molecule has 0 aromatic heterocycles. The van der Waals surface area contributed by atoms with Crippen LogP contribution in [0.4, 0.5) is 0 Å². The van der Waals surface area contributed by atoms with Crippen molar-refractivity contribution in [2.24, 2.45) is 0 Å². The molecular weight excluding hydrogens is 376 g/mol. The van der Waals surface area contributed by atoms with Gasteiger partial charge >= 0.3 is 0 Å². The van der Waals surface area contributed by atoms with Gasteiger partial charge in [0.2, 0.25) is 5.91 Å². The summed E-state index contributed by atoms with van der Waals surface area (Å²) in [7, 11) is 0. The Kier molecular flexibility index (Phi) is 6.36. The van der Waals surface area contributed by atoms with Crippen molar-refractivity contribution in [3.63, 3.8) is 0 Å². The molecule has 0 spiro atoms. The fourth-order valence-electron chi connectivity index (χ4n) is 4.29. The lowest BCUT2D eigenvalue weighted by Crippen LogP contribution is -2.36. The molecule has 2 aromatic carbocycles. The number of likely N-dealkylation sites (tertiary alicyclic amines) is 1. The van der Waals surface area contributed by atoms with E-state index in [-0.39, 0.29) is 11.8 Å². The summed E-state index contributed by atoms with van der Waals surface area (Å²) in [6.07, 6.45) is 5.59. The first-order valence-electron chi connectivity index (χ1n) is 11.0. The molecule has 0 radical (unpaired) electrons. The third kappa shape index (κ3) is 4.84. The summed E-state index contributed by atoms with van der Waals surface area (Å²) in [5, 5.41) is 2.97. The molecule has 0 bridgehead atoms. The average Bonchev–Trinajstić information content (AvgIpc) is 3.17. The topological polar surface area (TPSA) is 58.6 Å². The molecule has 1 aliphatic heterocycles. The summed E-state index contributed by atoms with van der Waals surface area (Å²) in [6.45, 7) is 3.77. The molecule has 1 fully saturated rings. The number of nitrogens with one attached hydrogen (secondary N) is 1. The Hall–Kier alpha value is -2.82. The van der Waals surface area contributed by atoms with Gasteiger partial charge in [-0.1, -0.05) is 36.4 Å². The summed E-state index contributed by atoms with van der Waals surface area (Å²) in [5.74, 6) is 0.964. The van der Waals surface area contributed by atoms with E-state index in [1.807, 2.05) is 41.3 Å². The number of hydrogen-bond acceptors (Lipinski definition) is 3. The minimum Gasteiger partial charge on any atom is -0.481 e. The smallest absolute Gasteiger partial charge is 0.261 e. The van der Waals surface area contributed by atoms with Gasteiger partial charge in [-0.15, -0.1) is 0 Å². The summed E-state index contributed by atoms with van der Waals surface area (Å²) in [6, 6.07) is 14.2. The Morgan fingerprint density at radius 2 is 1.80 bits per heavy atom. The standard InChI is InChI=1S/C25H30N2O3/c1-18(30-23-9-4-7-21-6-2-3-8-22(21)23)25(29)26-16-19-11-13-20(14-12-19)17-27-15-5-10-24(27)28/h4,7,9,11-14,18H,2-3,5-6,8,10,15-17H2,1H3,(H,26,29)/t18-/m0/s1. The van der Waals surface area contributed by atoms with Crippen molar-refractivity contribution in [3.05, 3.63) is 64.7 Å². The number of fused-ring (bicyclic) bond motifs is 1. The van der Waals surface area contributed by atoms with Crippen LogP contribution in [0.15, 0.2) is 42.5 Å². The van der Waals surface area contributed by atoms with Crippen LogP contribution in [0.3, 0.4) is 0 Å². The van der Waals surface area contributed by atoms with E-state index in [9.17, 15) is 9.59 Å². The van der Waals surface area contributed by atoms with E-state index >= 15 is 0 Å². The molecule has 4 rings (SSSR count). The number of rotatable bonds is 7. The van der Waals surface area contributed by atoms with E-state index in [2.05, 4.69) is 11.4 Å². The van der Waals surface area contributed by atoms with Gasteiger partial charge in [0, 0.05) is 26.1 Å². The molecule has 30 heavy (non-hydrogen) atoms. The Labute approximate surface area is 178 Å². The van der Waals surface area contributed by atoms with Crippen LogP contribution in [0.25, 0.3) is 0 Å². The van der Waals surface area contributed by atoms with Crippen molar-refractivity contribution in [2.45, 2.75) is 64.6 Å². The van der Waals surface area contributed by atoms with Gasteiger partial charge in [0.1, 0.15) is 5.75 Å². The van der Waals surface area contributed by atoms with Crippen LogP contribution in [0, 0.1) is 0 Å². The van der Waals surface area contributed by atoms with Gasteiger partial charge in [-0.2, -0.15) is 0 Å². The molecule has 1 heterocycles. The highest BCUT2D eigenvalue weighted by molar-refractivity contribution is 5.80. The van der Waals surface area contributed by atoms with E-state index in [1.54, 1.807) is 6.92 Å². The highest BCUT2D eigenvalue weighted by Gasteiger charge is 2.21. The van der Waals surface area contributed by atoms with Crippen LogP contribution in [0.1, 0.15) is 54.9 Å². The number of benzene rings is 2. The molecule has 158 valence electrons. The van der Waals surface area contributed by atoms with E-state index in [0.717, 1.165) is 42.7 Å². The minimum absolute atomic E-state index is 0.116. The maximum absolute atomic E-state index is 12.5. The number of ether oxygens (including phenoxy) is 1. The summed E-state index contributed by atoms with van der Waals surface area (Å²) >= 11 is 0. The summed E-state index contributed by atoms with van der Waals surface area (Å²) < 4.78 is 6.02. The molecule has 1 saturated heterocycles.